The first-order valence-electron chi connectivity index (χ1n) is 5.33. The Morgan fingerprint density at radius 1 is 1.50 bits per heavy atom. The maximum atomic E-state index is 13.4. The van der Waals surface area contributed by atoms with Gasteiger partial charge in [0.25, 0.3) is 5.91 Å². The first-order valence-corrected chi connectivity index (χ1v) is 6.12. The Hall–Kier alpha value is -0.980. The van der Waals surface area contributed by atoms with E-state index < -0.39 is 11.7 Å². The number of amides is 1. The minimum absolute atomic E-state index is 0.00311. The van der Waals surface area contributed by atoms with E-state index >= 15 is 0 Å². The van der Waals surface area contributed by atoms with Crippen LogP contribution in [-0.2, 0) is 9.47 Å². The van der Waals surface area contributed by atoms with Crippen LogP contribution in [0, 0.1) is 5.82 Å². The van der Waals surface area contributed by atoms with Crippen LogP contribution in [0.25, 0.3) is 0 Å². The largest absolute Gasteiger partial charge is 0.382 e. The van der Waals surface area contributed by atoms with Crippen molar-refractivity contribution in [2.45, 2.75) is 6.10 Å². The van der Waals surface area contributed by atoms with E-state index in [1.54, 1.807) is 7.11 Å². The molecule has 0 aliphatic heterocycles. The minimum Gasteiger partial charge on any atom is -0.382 e. The van der Waals surface area contributed by atoms with Gasteiger partial charge in [-0.15, -0.1) is 0 Å². The van der Waals surface area contributed by atoms with E-state index in [4.69, 9.17) is 9.47 Å². The number of carbonyl (C=O) groups is 1. The Labute approximate surface area is 114 Å². The number of carbonyl (C=O) groups excluding carboxylic acids is 1. The van der Waals surface area contributed by atoms with E-state index in [9.17, 15) is 9.18 Å². The molecule has 1 aromatic carbocycles. The van der Waals surface area contributed by atoms with E-state index in [1.807, 2.05) is 0 Å². The van der Waals surface area contributed by atoms with Gasteiger partial charge in [0, 0.05) is 25.2 Å². The highest BCUT2D eigenvalue weighted by Gasteiger charge is 2.14. The lowest BCUT2D eigenvalue weighted by atomic mass is 10.2. The monoisotopic (exact) mass is 319 g/mol. The van der Waals surface area contributed by atoms with Crippen molar-refractivity contribution in [2.24, 2.45) is 0 Å². The van der Waals surface area contributed by atoms with Gasteiger partial charge >= 0.3 is 0 Å². The molecule has 0 aliphatic rings. The molecule has 100 valence electrons. The van der Waals surface area contributed by atoms with Crippen LogP contribution in [0.3, 0.4) is 0 Å². The van der Waals surface area contributed by atoms with Gasteiger partial charge in [-0.2, -0.15) is 0 Å². The maximum Gasteiger partial charge on any atom is 0.254 e. The predicted octanol–water partition coefficient (Wildman–Crippen LogP) is 1.98. The van der Waals surface area contributed by atoms with Crippen LogP contribution in [0.2, 0.25) is 0 Å². The smallest absolute Gasteiger partial charge is 0.254 e. The third-order valence-corrected chi connectivity index (χ3v) is 2.84. The average molecular weight is 320 g/mol. The number of benzene rings is 1. The third kappa shape index (κ3) is 4.36. The van der Waals surface area contributed by atoms with Gasteiger partial charge in [0.15, 0.2) is 0 Å². The number of halogens is 2. The molecule has 0 radical (unpaired) electrons. The molecule has 0 bridgehead atoms. The SMILES string of the molecule is COCC(CNC(=O)c1cc(Br)ccc1F)OC. The molecule has 0 heterocycles. The zero-order chi connectivity index (χ0) is 13.5. The topological polar surface area (TPSA) is 47.6 Å². The Morgan fingerprint density at radius 3 is 2.83 bits per heavy atom. The second-order valence-electron chi connectivity index (χ2n) is 3.65. The van der Waals surface area contributed by atoms with Gasteiger partial charge in [0.05, 0.1) is 18.3 Å². The summed E-state index contributed by atoms with van der Waals surface area (Å²) in [6, 6.07) is 4.21. The summed E-state index contributed by atoms with van der Waals surface area (Å²) in [5.74, 6) is -1.04. The number of nitrogens with one attached hydrogen (secondary N) is 1. The Morgan fingerprint density at radius 2 is 2.22 bits per heavy atom. The van der Waals surface area contributed by atoms with Crippen LogP contribution < -0.4 is 5.32 Å². The van der Waals surface area contributed by atoms with Crippen molar-refractivity contribution in [1.82, 2.24) is 5.32 Å². The average Bonchev–Trinajstić information content (AvgIpc) is 2.37. The summed E-state index contributed by atoms with van der Waals surface area (Å²) >= 11 is 3.19. The van der Waals surface area contributed by atoms with Gasteiger partial charge < -0.3 is 14.8 Å². The van der Waals surface area contributed by atoms with Crippen molar-refractivity contribution in [2.75, 3.05) is 27.4 Å². The van der Waals surface area contributed by atoms with Gasteiger partial charge in [0.2, 0.25) is 0 Å². The van der Waals surface area contributed by atoms with Gasteiger partial charge in [-0.3, -0.25) is 4.79 Å². The van der Waals surface area contributed by atoms with Gasteiger partial charge in [0.1, 0.15) is 5.82 Å². The highest BCUT2D eigenvalue weighted by Crippen LogP contribution is 2.15. The molecule has 1 N–H and O–H groups in total. The molecule has 1 aromatic rings. The van der Waals surface area contributed by atoms with E-state index in [1.165, 1.54) is 25.3 Å². The third-order valence-electron chi connectivity index (χ3n) is 2.35. The molecule has 6 heteroatoms. The summed E-state index contributed by atoms with van der Waals surface area (Å²) in [5.41, 5.74) is -0.00311. The summed E-state index contributed by atoms with van der Waals surface area (Å²) < 4.78 is 24.1. The molecule has 0 aliphatic carbocycles. The molecule has 0 saturated heterocycles. The van der Waals surface area contributed by atoms with E-state index in [0.29, 0.717) is 11.1 Å². The van der Waals surface area contributed by atoms with E-state index in [0.717, 1.165) is 0 Å². The number of methoxy groups -OCH3 is 2. The highest BCUT2D eigenvalue weighted by atomic mass is 79.9. The van der Waals surface area contributed by atoms with Crippen LogP contribution >= 0.6 is 15.9 Å². The van der Waals surface area contributed by atoms with Gasteiger partial charge in [-0.1, -0.05) is 15.9 Å². The molecule has 18 heavy (non-hydrogen) atoms. The molecular formula is C12H15BrFNO3. The molecule has 1 rings (SSSR count). The van der Waals surface area contributed by atoms with Gasteiger partial charge in [-0.05, 0) is 18.2 Å². The fourth-order valence-corrected chi connectivity index (χ4v) is 1.73. The molecule has 1 atom stereocenters. The van der Waals surface area contributed by atoms with Crippen LogP contribution in [0.5, 0.6) is 0 Å². The molecule has 0 fully saturated rings. The van der Waals surface area contributed by atoms with Crippen molar-refractivity contribution in [3.8, 4) is 0 Å². The first kappa shape index (κ1) is 15.1. The molecule has 1 amide bonds. The fourth-order valence-electron chi connectivity index (χ4n) is 1.37. The number of ether oxygens (including phenoxy) is 2. The predicted molar refractivity (Wildman–Crippen MR) is 69.1 cm³/mol. The highest BCUT2D eigenvalue weighted by molar-refractivity contribution is 9.10. The summed E-state index contributed by atoms with van der Waals surface area (Å²) in [5, 5.41) is 2.60. The normalized spacial score (nSPS) is 12.2. The molecule has 1 unspecified atom stereocenters. The number of hydrogen-bond acceptors (Lipinski definition) is 3. The van der Waals surface area contributed by atoms with E-state index in [-0.39, 0.29) is 18.2 Å². The lowest BCUT2D eigenvalue weighted by molar-refractivity contribution is 0.0285. The van der Waals surface area contributed by atoms with Crippen LogP contribution in [0.15, 0.2) is 22.7 Å². The fraction of sp³-hybridized carbons (Fsp3) is 0.417. The van der Waals surface area contributed by atoms with Crippen LogP contribution in [0.1, 0.15) is 10.4 Å². The number of rotatable bonds is 6. The lowest BCUT2D eigenvalue weighted by Gasteiger charge is -2.15. The quantitative estimate of drug-likeness (QED) is 0.872. The zero-order valence-electron chi connectivity index (χ0n) is 10.2. The Bertz CT molecular complexity index is 414. The summed E-state index contributed by atoms with van der Waals surface area (Å²) in [6.07, 6.45) is -0.255. The Balaban J connectivity index is 2.62. The van der Waals surface area contributed by atoms with Crippen LogP contribution in [0.4, 0.5) is 4.39 Å². The molecular weight excluding hydrogens is 305 g/mol. The maximum absolute atomic E-state index is 13.4. The molecule has 0 spiro atoms. The Kier molecular flexibility index (Phi) is 6.24. The molecule has 0 aromatic heterocycles. The van der Waals surface area contributed by atoms with Crippen molar-refractivity contribution < 1.29 is 18.7 Å². The standard InChI is InChI=1S/C12H15BrFNO3/c1-17-7-9(18-2)6-15-12(16)10-5-8(13)3-4-11(10)14/h3-5,9H,6-7H2,1-2H3,(H,15,16). The summed E-state index contributed by atoms with van der Waals surface area (Å²) in [7, 11) is 3.07. The lowest BCUT2D eigenvalue weighted by Crippen LogP contribution is -2.35. The molecule has 0 saturated carbocycles. The van der Waals surface area contributed by atoms with Gasteiger partial charge in [-0.25, -0.2) is 4.39 Å². The summed E-state index contributed by atoms with van der Waals surface area (Å²) in [6.45, 7) is 0.618. The zero-order valence-corrected chi connectivity index (χ0v) is 11.8. The van der Waals surface area contributed by atoms with Crippen molar-refractivity contribution in [3.63, 3.8) is 0 Å². The second kappa shape index (κ2) is 7.45. The summed E-state index contributed by atoms with van der Waals surface area (Å²) in [4.78, 5) is 11.8. The molecule has 4 nitrogen and oxygen atoms in total. The van der Waals surface area contributed by atoms with Crippen molar-refractivity contribution >= 4 is 21.8 Å². The minimum atomic E-state index is -0.559. The number of hydrogen-bond donors (Lipinski definition) is 1. The van der Waals surface area contributed by atoms with Crippen molar-refractivity contribution in [1.29, 1.82) is 0 Å². The second-order valence-corrected chi connectivity index (χ2v) is 4.56. The van der Waals surface area contributed by atoms with Crippen LogP contribution in [-0.4, -0.2) is 39.4 Å². The van der Waals surface area contributed by atoms with E-state index in [2.05, 4.69) is 21.2 Å². The first-order chi connectivity index (χ1) is 8.58. The van der Waals surface area contributed by atoms with Crippen molar-refractivity contribution in [3.05, 3.63) is 34.1 Å².